The van der Waals surface area contributed by atoms with Gasteiger partial charge in [-0.25, -0.2) is 0 Å². The van der Waals surface area contributed by atoms with Gasteiger partial charge in [-0.2, -0.15) is 0 Å². The van der Waals surface area contributed by atoms with E-state index in [1.807, 2.05) is 30.5 Å². The SMILES string of the molecule is CSc1ccccc1N1C(=O)CNC1=S. The average Bonchev–Trinajstić information content (AvgIpc) is 2.59. The van der Waals surface area contributed by atoms with Crippen LogP contribution in [-0.4, -0.2) is 23.8 Å². The summed E-state index contributed by atoms with van der Waals surface area (Å²) < 4.78 is 0. The third kappa shape index (κ3) is 1.85. The van der Waals surface area contributed by atoms with Gasteiger partial charge < -0.3 is 5.32 Å². The number of hydrogen-bond donors (Lipinski definition) is 1. The lowest BCUT2D eigenvalue weighted by Gasteiger charge is -2.17. The van der Waals surface area contributed by atoms with Gasteiger partial charge in [0.2, 0.25) is 0 Å². The Morgan fingerprint density at radius 2 is 2.20 bits per heavy atom. The molecule has 1 fully saturated rings. The predicted molar refractivity (Wildman–Crippen MR) is 66.3 cm³/mol. The van der Waals surface area contributed by atoms with Gasteiger partial charge in [-0.15, -0.1) is 11.8 Å². The zero-order chi connectivity index (χ0) is 10.8. The Balaban J connectivity index is 2.44. The topological polar surface area (TPSA) is 32.3 Å². The van der Waals surface area contributed by atoms with Crippen LogP contribution >= 0.6 is 24.0 Å². The lowest BCUT2D eigenvalue weighted by atomic mass is 10.3. The largest absolute Gasteiger partial charge is 0.353 e. The summed E-state index contributed by atoms with van der Waals surface area (Å²) in [5.41, 5.74) is 0.866. The van der Waals surface area contributed by atoms with Crippen molar-refractivity contribution in [2.45, 2.75) is 4.90 Å². The van der Waals surface area contributed by atoms with Crippen molar-refractivity contribution < 1.29 is 4.79 Å². The number of nitrogens with zero attached hydrogens (tertiary/aromatic N) is 1. The lowest BCUT2D eigenvalue weighted by molar-refractivity contribution is -0.115. The maximum atomic E-state index is 11.6. The molecule has 2 rings (SSSR count). The highest BCUT2D eigenvalue weighted by Gasteiger charge is 2.28. The Labute approximate surface area is 97.8 Å². The van der Waals surface area contributed by atoms with Gasteiger partial charge >= 0.3 is 0 Å². The zero-order valence-electron chi connectivity index (χ0n) is 8.19. The number of para-hydroxylation sites is 1. The molecule has 0 unspecified atom stereocenters. The molecule has 0 radical (unpaired) electrons. The normalized spacial score (nSPS) is 15.7. The minimum atomic E-state index is 0.00139. The fourth-order valence-electron chi connectivity index (χ4n) is 1.48. The second-order valence-corrected chi connectivity index (χ2v) is 4.29. The number of nitrogens with one attached hydrogen (secondary N) is 1. The highest BCUT2D eigenvalue weighted by atomic mass is 32.2. The van der Waals surface area contributed by atoms with E-state index >= 15 is 0 Å². The van der Waals surface area contributed by atoms with E-state index in [-0.39, 0.29) is 5.91 Å². The lowest BCUT2D eigenvalue weighted by Crippen LogP contribution is -2.30. The molecule has 1 aliphatic rings. The first kappa shape index (κ1) is 10.4. The summed E-state index contributed by atoms with van der Waals surface area (Å²) in [4.78, 5) is 14.2. The molecule has 3 nitrogen and oxygen atoms in total. The van der Waals surface area contributed by atoms with Crippen LogP contribution in [0.4, 0.5) is 5.69 Å². The average molecular weight is 238 g/mol. The van der Waals surface area contributed by atoms with Gasteiger partial charge in [0.15, 0.2) is 5.11 Å². The van der Waals surface area contributed by atoms with Crippen LogP contribution in [0.2, 0.25) is 0 Å². The molecule has 0 atom stereocenters. The first-order valence-electron chi connectivity index (χ1n) is 4.48. The molecule has 1 N–H and O–H groups in total. The molecule has 1 amide bonds. The monoisotopic (exact) mass is 238 g/mol. The fourth-order valence-corrected chi connectivity index (χ4v) is 2.34. The minimum Gasteiger partial charge on any atom is -0.353 e. The summed E-state index contributed by atoms with van der Waals surface area (Å²) in [5.74, 6) is 0.00139. The van der Waals surface area contributed by atoms with E-state index < -0.39 is 0 Å². The molecule has 1 saturated heterocycles. The number of carbonyl (C=O) groups is 1. The number of anilines is 1. The van der Waals surface area contributed by atoms with E-state index in [9.17, 15) is 4.79 Å². The van der Waals surface area contributed by atoms with Gasteiger partial charge in [0, 0.05) is 4.90 Å². The molecular formula is C10H10N2OS2. The molecule has 1 aromatic rings. The van der Waals surface area contributed by atoms with Crippen LogP contribution in [0.15, 0.2) is 29.2 Å². The van der Waals surface area contributed by atoms with Crippen LogP contribution in [-0.2, 0) is 4.79 Å². The number of thioether (sulfide) groups is 1. The van der Waals surface area contributed by atoms with Crippen LogP contribution in [0.3, 0.4) is 0 Å². The van der Waals surface area contributed by atoms with E-state index in [0.29, 0.717) is 11.7 Å². The molecule has 1 aromatic carbocycles. The Hall–Kier alpha value is -1.07. The third-order valence-corrected chi connectivity index (χ3v) is 3.28. The molecule has 15 heavy (non-hydrogen) atoms. The predicted octanol–water partition coefficient (Wildman–Crippen LogP) is 1.63. The molecule has 0 bridgehead atoms. The second-order valence-electron chi connectivity index (χ2n) is 3.06. The maximum Gasteiger partial charge on any atom is 0.252 e. The first-order valence-corrected chi connectivity index (χ1v) is 6.11. The molecule has 78 valence electrons. The zero-order valence-corrected chi connectivity index (χ0v) is 9.82. The summed E-state index contributed by atoms with van der Waals surface area (Å²) in [5, 5.41) is 3.36. The molecule has 0 saturated carbocycles. The van der Waals surface area contributed by atoms with Crippen LogP contribution < -0.4 is 10.2 Å². The molecule has 0 spiro atoms. The van der Waals surface area contributed by atoms with Gasteiger partial charge in [0.05, 0.1) is 12.2 Å². The first-order chi connectivity index (χ1) is 7.24. The smallest absolute Gasteiger partial charge is 0.252 e. The summed E-state index contributed by atoms with van der Waals surface area (Å²) in [6.45, 7) is 0.293. The van der Waals surface area contributed by atoms with Crippen molar-refractivity contribution in [2.24, 2.45) is 0 Å². The molecule has 1 heterocycles. The van der Waals surface area contributed by atoms with Gasteiger partial charge in [0.25, 0.3) is 5.91 Å². The van der Waals surface area contributed by atoms with Crippen molar-refractivity contribution in [1.29, 1.82) is 0 Å². The summed E-state index contributed by atoms with van der Waals surface area (Å²) in [6, 6.07) is 7.74. The van der Waals surface area contributed by atoms with Crippen molar-refractivity contribution in [2.75, 3.05) is 17.7 Å². The molecule has 1 aliphatic heterocycles. The van der Waals surface area contributed by atoms with E-state index in [1.165, 1.54) is 0 Å². The second kappa shape index (κ2) is 4.20. The molecule has 0 aliphatic carbocycles. The van der Waals surface area contributed by atoms with Crippen molar-refractivity contribution >= 4 is 40.7 Å². The number of benzene rings is 1. The Bertz CT molecular complexity index is 404. The summed E-state index contributed by atoms with van der Waals surface area (Å²) >= 11 is 6.70. The van der Waals surface area contributed by atoms with Crippen molar-refractivity contribution in [1.82, 2.24) is 5.32 Å². The molecule has 5 heteroatoms. The van der Waals surface area contributed by atoms with Gasteiger partial charge in [0.1, 0.15) is 0 Å². The van der Waals surface area contributed by atoms with Crippen LogP contribution in [0.5, 0.6) is 0 Å². The van der Waals surface area contributed by atoms with Crippen LogP contribution in [0, 0.1) is 0 Å². The van der Waals surface area contributed by atoms with E-state index in [1.54, 1.807) is 16.7 Å². The number of hydrogen-bond acceptors (Lipinski definition) is 3. The fraction of sp³-hybridized carbons (Fsp3) is 0.200. The third-order valence-electron chi connectivity index (χ3n) is 2.17. The minimum absolute atomic E-state index is 0.00139. The Kier molecular flexibility index (Phi) is 2.93. The maximum absolute atomic E-state index is 11.6. The van der Waals surface area contributed by atoms with Crippen molar-refractivity contribution in [3.8, 4) is 0 Å². The highest BCUT2D eigenvalue weighted by Crippen LogP contribution is 2.29. The number of thiocarbonyl (C=S) groups is 1. The highest BCUT2D eigenvalue weighted by molar-refractivity contribution is 7.98. The quantitative estimate of drug-likeness (QED) is 0.627. The Morgan fingerprint density at radius 1 is 1.47 bits per heavy atom. The van der Waals surface area contributed by atoms with Crippen molar-refractivity contribution in [3.63, 3.8) is 0 Å². The number of amides is 1. The molecule has 0 aromatic heterocycles. The van der Waals surface area contributed by atoms with Gasteiger partial charge in [-0.1, -0.05) is 12.1 Å². The Morgan fingerprint density at radius 3 is 2.80 bits per heavy atom. The number of carbonyl (C=O) groups excluding carboxylic acids is 1. The van der Waals surface area contributed by atoms with E-state index in [2.05, 4.69) is 5.32 Å². The van der Waals surface area contributed by atoms with Gasteiger partial charge in [-0.05, 0) is 30.6 Å². The van der Waals surface area contributed by atoms with Crippen LogP contribution in [0.1, 0.15) is 0 Å². The summed E-state index contributed by atoms with van der Waals surface area (Å²) in [7, 11) is 0. The van der Waals surface area contributed by atoms with E-state index in [4.69, 9.17) is 12.2 Å². The summed E-state index contributed by atoms with van der Waals surface area (Å²) in [6.07, 6.45) is 1.98. The molecular weight excluding hydrogens is 228 g/mol. The number of rotatable bonds is 2. The van der Waals surface area contributed by atoms with Gasteiger partial charge in [-0.3, -0.25) is 9.69 Å². The van der Waals surface area contributed by atoms with E-state index in [0.717, 1.165) is 10.6 Å². The standard InChI is InChI=1S/C10H10N2OS2/c1-15-8-5-3-2-4-7(8)12-9(13)6-11-10(12)14/h2-5H,6H2,1H3,(H,11,14). The van der Waals surface area contributed by atoms with Crippen molar-refractivity contribution in [3.05, 3.63) is 24.3 Å². The van der Waals surface area contributed by atoms with Crippen LogP contribution in [0.25, 0.3) is 0 Å².